The van der Waals surface area contributed by atoms with Crippen molar-refractivity contribution in [2.24, 2.45) is 7.05 Å². The number of aromatic nitrogens is 4. The molecule has 3 rings (SSSR count). The summed E-state index contributed by atoms with van der Waals surface area (Å²) in [6, 6.07) is 4.89. The molecule has 2 aromatic rings. The molecule has 2 heterocycles. The summed E-state index contributed by atoms with van der Waals surface area (Å²) in [5.74, 6) is 0. The van der Waals surface area contributed by atoms with E-state index in [1.807, 2.05) is 22.6 Å². The van der Waals surface area contributed by atoms with Crippen molar-refractivity contribution >= 4 is 0 Å². The van der Waals surface area contributed by atoms with E-state index in [4.69, 9.17) is 0 Å². The first-order valence-electron chi connectivity index (χ1n) is 6.54. The van der Waals surface area contributed by atoms with Crippen LogP contribution in [0, 0.1) is 0 Å². The number of nitrogens with zero attached hydrogens (tertiary/aromatic N) is 4. The molecule has 0 atom stereocenters. The molecular weight excluding hydrogens is 226 g/mol. The smallest absolute Gasteiger partial charge is 0.0762 e. The van der Waals surface area contributed by atoms with Crippen LogP contribution in [0.3, 0.4) is 0 Å². The van der Waals surface area contributed by atoms with Crippen molar-refractivity contribution < 1.29 is 0 Å². The van der Waals surface area contributed by atoms with Crippen LogP contribution >= 0.6 is 0 Å². The van der Waals surface area contributed by atoms with Crippen LogP contribution in [0.4, 0.5) is 0 Å². The van der Waals surface area contributed by atoms with Crippen molar-refractivity contribution in [3.05, 3.63) is 35.9 Å². The summed E-state index contributed by atoms with van der Waals surface area (Å²) in [4.78, 5) is 0. The fraction of sp³-hybridized carbons (Fsp3) is 0.538. The van der Waals surface area contributed by atoms with Gasteiger partial charge in [0.05, 0.1) is 5.69 Å². The number of nitrogens with one attached hydrogen (secondary N) is 1. The maximum absolute atomic E-state index is 4.56. The molecule has 1 fully saturated rings. The Morgan fingerprint density at radius 1 is 1.39 bits per heavy atom. The van der Waals surface area contributed by atoms with E-state index in [1.54, 1.807) is 0 Å². The monoisotopic (exact) mass is 245 g/mol. The van der Waals surface area contributed by atoms with E-state index in [2.05, 4.69) is 33.8 Å². The lowest BCUT2D eigenvalue weighted by atomic mass is 10.3. The zero-order valence-electron chi connectivity index (χ0n) is 10.7. The molecule has 2 aromatic heterocycles. The van der Waals surface area contributed by atoms with Gasteiger partial charge in [0.25, 0.3) is 0 Å². The van der Waals surface area contributed by atoms with Crippen LogP contribution in [-0.2, 0) is 26.6 Å². The molecule has 0 radical (unpaired) electrons. The minimum absolute atomic E-state index is 0.740. The van der Waals surface area contributed by atoms with E-state index < -0.39 is 0 Å². The van der Waals surface area contributed by atoms with Crippen LogP contribution in [0.2, 0.25) is 0 Å². The highest BCUT2D eigenvalue weighted by atomic mass is 15.3. The SMILES string of the molecule is Cn1nccc1CCn1ccc(CNC2CC2)n1. The molecule has 1 N–H and O–H groups in total. The van der Waals surface area contributed by atoms with Gasteiger partial charge in [0.2, 0.25) is 0 Å². The molecule has 5 heteroatoms. The highest BCUT2D eigenvalue weighted by Gasteiger charge is 2.20. The zero-order valence-corrected chi connectivity index (χ0v) is 10.7. The first kappa shape index (κ1) is 11.5. The van der Waals surface area contributed by atoms with E-state index in [0.29, 0.717) is 0 Å². The molecule has 0 bridgehead atoms. The molecule has 0 aromatic carbocycles. The Kier molecular flexibility index (Phi) is 3.15. The first-order valence-corrected chi connectivity index (χ1v) is 6.54. The lowest BCUT2D eigenvalue weighted by molar-refractivity contribution is 0.571. The van der Waals surface area contributed by atoms with Gasteiger partial charge in [0.15, 0.2) is 0 Å². The van der Waals surface area contributed by atoms with Crippen molar-refractivity contribution in [1.82, 2.24) is 24.9 Å². The summed E-state index contributed by atoms with van der Waals surface area (Å²) in [7, 11) is 1.98. The van der Waals surface area contributed by atoms with Gasteiger partial charge in [-0.25, -0.2) is 0 Å². The number of aryl methyl sites for hydroxylation is 3. The van der Waals surface area contributed by atoms with E-state index in [0.717, 1.165) is 31.2 Å². The average Bonchev–Trinajstić information content (AvgIpc) is 2.94. The predicted octanol–water partition coefficient (Wildman–Crippen LogP) is 1.11. The summed E-state index contributed by atoms with van der Waals surface area (Å²) >= 11 is 0. The van der Waals surface area contributed by atoms with Gasteiger partial charge in [-0.1, -0.05) is 0 Å². The highest BCUT2D eigenvalue weighted by Crippen LogP contribution is 2.18. The lowest BCUT2D eigenvalue weighted by Gasteiger charge is -2.03. The maximum atomic E-state index is 4.56. The molecule has 18 heavy (non-hydrogen) atoms. The molecule has 1 aliphatic rings. The summed E-state index contributed by atoms with van der Waals surface area (Å²) in [6.07, 6.45) is 7.50. The minimum Gasteiger partial charge on any atom is -0.308 e. The van der Waals surface area contributed by atoms with Crippen molar-refractivity contribution in [2.75, 3.05) is 0 Å². The molecule has 96 valence electrons. The number of hydrogen-bond acceptors (Lipinski definition) is 3. The third-order valence-electron chi connectivity index (χ3n) is 3.36. The molecule has 1 saturated carbocycles. The first-order chi connectivity index (χ1) is 8.81. The quantitative estimate of drug-likeness (QED) is 0.829. The summed E-state index contributed by atoms with van der Waals surface area (Å²) in [6.45, 7) is 1.80. The van der Waals surface area contributed by atoms with Crippen LogP contribution in [0.25, 0.3) is 0 Å². The Morgan fingerprint density at radius 3 is 3.00 bits per heavy atom. The van der Waals surface area contributed by atoms with Gasteiger partial charge in [-0.05, 0) is 25.0 Å². The van der Waals surface area contributed by atoms with E-state index in [1.165, 1.54) is 18.5 Å². The fourth-order valence-electron chi connectivity index (χ4n) is 2.03. The van der Waals surface area contributed by atoms with Crippen LogP contribution in [0.1, 0.15) is 24.2 Å². The Balaban J connectivity index is 1.51. The number of rotatable bonds is 6. The van der Waals surface area contributed by atoms with Gasteiger partial charge < -0.3 is 5.32 Å². The van der Waals surface area contributed by atoms with Crippen LogP contribution < -0.4 is 5.32 Å². The van der Waals surface area contributed by atoms with Crippen LogP contribution in [0.5, 0.6) is 0 Å². The maximum Gasteiger partial charge on any atom is 0.0762 e. The van der Waals surface area contributed by atoms with E-state index >= 15 is 0 Å². The summed E-state index contributed by atoms with van der Waals surface area (Å²) in [5, 5.41) is 12.2. The topological polar surface area (TPSA) is 47.7 Å². The standard InChI is InChI=1S/C13H19N5/c1-17-13(4-7-15-17)6-9-18-8-5-12(16-18)10-14-11-2-3-11/h4-5,7-8,11,14H,2-3,6,9-10H2,1H3. The molecule has 5 nitrogen and oxygen atoms in total. The van der Waals surface area contributed by atoms with Gasteiger partial charge in [0.1, 0.15) is 0 Å². The third kappa shape index (κ3) is 2.79. The molecule has 0 spiro atoms. The zero-order chi connectivity index (χ0) is 12.4. The number of hydrogen-bond donors (Lipinski definition) is 1. The Hall–Kier alpha value is -1.62. The second kappa shape index (κ2) is 4.94. The Morgan fingerprint density at radius 2 is 2.28 bits per heavy atom. The predicted molar refractivity (Wildman–Crippen MR) is 69.0 cm³/mol. The Bertz CT molecular complexity index is 509. The van der Waals surface area contributed by atoms with Crippen LogP contribution in [0.15, 0.2) is 24.5 Å². The molecule has 0 saturated heterocycles. The Labute approximate surface area is 107 Å². The van der Waals surface area contributed by atoms with Gasteiger partial charge in [0, 0.05) is 50.7 Å². The van der Waals surface area contributed by atoms with Crippen LogP contribution in [-0.4, -0.2) is 25.6 Å². The summed E-state index contributed by atoms with van der Waals surface area (Å²) < 4.78 is 3.93. The van der Waals surface area contributed by atoms with Crippen molar-refractivity contribution in [2.45, 2.75) is 38.4 Å². The van der Waals surface area contributed by atoms with Gasteiger partial charge in [-0.2, -0.15) is 10.2 Å². The fourth-order valence-corrected chi connectivity index (χ4v) is 2.03. The van der Waals surface area contributed by atoms with Crippen molar-refractivity contribution in [1.29, 1.82) is 0 Å². The van der Waals surface area contributed by atoms with Crippen molar-refractivity contribution in [3.8, 4) is 0 Å². The minimum atomic E-state index is 0.740. The van der Waals surface area contributed by atoms with Gasteiger partial charge >= 0.3 is 0 Å². The molecule has 1 aliphatic carbocycles. The van der Waals surface area contributed by atoms with E-state index in [-0.39, 0.29) is 0 Å². The normalized spacial score (nSPS) is 15.2. The third-order valence-corrected chi connectivity index (χ3v) is 3.36. The van der Waals surface area contributed by atoms with Crippen molar-refractivity contribution in [3.63, 3.8) is 0 Å². The van der Waals surface area contributed by atoms with Gasteiger partial charge in [-0.3, -0.25) is 9.36 Å². The summed E-state index contributed by atoms with van der Waals surface area (Å²) in [5.41, 5.74) is 2.37. The molecule has 0 unspecified atom stereocenters. The van der Waals surface area contributed by atoms with Gasteiger partial charge in [-0.15, -0.1) is 0 Å². The average molecular weight is 245 g/mol. The second-order valence-corrected chi connectivity index (χ2v) is 4.92. The molecular formula is C13H19N5. The lowest BCUT2D eigenvalue weighted by Crippen LogP contribution is -2.16. The largest absolute Gasteiger partial charge is 0.308 e. The van der Waals surface area contributed by atoms with E-state index in [9.17, 15) is 0 Å². The molecule has 0 amide bonds. The molecule has 0 aliphatic heterocycles. The second-order valence-electron chi connectivity index (χ2n) is 4.92. The highest BCUT2D eigenvalue weighted by molar-refractivity contribution is 5.02.